The molecule has 1 aliphatic rings. The summed E-state index contributed by atoms with van der Waals surface area (Å²) in [5, 5.41) is 9.49. The van der Waals surface area contributed by atoms with E-state index >= 15 is 0 Å². The summed E-state index contributed by atoms with van der Waals surface area (Å²) in [7, 11) is 0. The van der Waals surface area contributed by atoms with E-state index < -0.39 is 0 Å². The van der Waals surface area contributed by atoms with Gasteiger partial charge in [-0.1, -0.05) is 12.2 Å². The molecular formula is C11H13NO. The van der Waals surface area contributed by atoms with Crippen LogP contribution in [0.2, 0.25) is 0 Å². The fourth-order valence-corrected chi connectivity index (χ4v) is 1.70. The van der Waals surface area contributed by atoms with Crippen molar-refractivity contribution in [3.05, 3.63) is 36.2 Å². The average Bonchev–Trinajstić information content (AvgIpc) is 2.61. The lowest BCUT2D eigenvalue weighted by Gasteiger charge is -2.08. The Morgan fingerprint density at radius 3 is 2.85 bits per heavy atom. The Bertz CT molecular complexity index is 312. The fraction of sp³-hybridized carbons (Fsp3) is 0.364. The minimum Gasteiger partial charge on any atom is -0.506 e. The predicted octanol–water partition coefficient (Wildman–Crippen LogP) is 2.30. The van der Waals surface area contributed by atoms with Crippen LogP contribution in [0.1, 0.15) is 18.5 Å². The van der Waals surface area contributed by atoms with Crippen LogP contribution in [-0.2, 0) is 6.42 Å². The van der Waals surface area contributed by atoms with E-state index in [1.54, 1.807) is 18.3 Å². The Balaban J connectivity index is 2.05. The van der Waals surface area contributed by atoms with Gasteiger partial charge < -0.3 is 5.11 Å². The van der Waals surface area contributed by atoms with Crippen LogP contribution in [0.3, 0.4) is 0 Å². The SMILES string of the molecule is Oc1cccnc1CC1CC=CC1. The number of aromatic hydroxyl groups is 1. The number of allylic oxidation sites excluding steroid dienone is 2. The molecular weight excluding hydrogens is 162 g/mol. The molecule has 0 atom stereocenters. The summed E-state index contributed by atoms with van der Waals surface area (Å²) in [6, 6.07) is 3.45. The molecule has 0 amide bonds. The largest absolute Gasteiger partial charge is 0.506 e. The molecule has 0 unspecified atom stereocenters. The summed E-state index contributed by atoms with van der Waals surface area (Å²) in [6.45, 7) is 0. The lowest BCUT2D eigenvalue weighted by molar-refractivity contribution is 0.452. The summed E-state index contributed by atoms with van der Waals surface area (Å²) >= 11 is 0. The first kappa shape index (κ1) is 8.30. The first-order chi connectivity index (χ1) is 6.36. The molecule has 68 valence electrons. The molecule has 0 aromatic carbocycles. The zero-order chi connectivity index (χ0) is 9.10. The molecule has 1 heterocycles. The van der Waals surface area contributed by atoms with E-state index in [0.29, 0.717) is 11.7 Å². The quantitative estimate of drug-likeness (QED) is 0.699. The molecule has 1 aromatic rings. The third kappa shape index (κ3) is 1.89. The number of pyridine rings is 1. The minimum absolute atomic E-state index is 0.328. The molecule has 2 nitrogen and oxygen atoms in total. The van der Waals surface area contributed by atoms with E-state index in [-0.39, 0.29) is 0 Å². The van der Waals surface area contributed by atoms with Gasteiger partial charge in [0.15, 0.2) is 0 Å². The summed E-state index contributed by atoms with van der Waals surface area (Å²) in [5.41, 5.74) is 0.830. The molecule has 0 saturated heterocycles. The Morgan fingerprint density at radius 2 is 2.15 bits per heavy atom. The molecule has 1 aromatic heterocycles. The third-order valence-electron chi connectivity index (χ3n) is 2.45. The lowest BCUT2D eigenvalue weighted by atomic mass is 10.0. The maximum atomic E-state index is 9.49. The monoisotopic (exact) mass is 175 g/mol. The first-order valence-electron chi connectivity index (χ1n) is 4.64. The van der Waals surface area contributed by atoms with Crippen molar-refractivity contribution >= 4 is 0 Å². The van der Waals surface area contributed by atoms with Crippen molar-refractivity contribution < 1.29 is 5.11 Å². The van der Waals surface area contributed by atoms with Crippen molar-refractivity contribution in [3.63, 3.8) is 0 Å². The molecule has 0 radical (unpaired) electrons. The second kappa shape index (κ2) is 3.60. The Morgan fingerprint density at radius 1 is 1.38 bits per heavy atom. The molecule has 0 bridgehead atoms. The van der Waals surface area contributed by atoms with E-state index in [2.05, 4.69) is 17.1 Å². The molecule has 1 N–H and O–H groups in total. The maximum absolute atomic E-state index is 9.49. The van der Waals surface area contributed by atoms with Gasteiger partial charge in [0.2, 0.25) is 0 Å². The smallest absolute Gasteiger partial charge is 0.137 e. The van der Waals surface area contributed by atoms with Crippen LogP contribution in [0.4, 0.5) is 0 Å². The van der Waals surface area contributed by atoms with Crippen LogP contribution in [-0.4, -0.2) is 10.1 Å². The first-order valence-corrected chi connectivity index (χ1v) is 4.64. The minimum atomic E-state index is 0.328. The molecule has 0 aliphatic heterocycles. The molecule has 0 spiro atoms. The van der Waals surface area contributed by atoms with Gasteiger partial charge in [-0.05, 0) is 37.3 Å². The molecule has 1 aliphatic carbocycles. The van der Waals surface area contributed by atoms with Crippen molar-refractivity contribution in [2.24, 2.45) is 5.92 Å². The normalized spacial score (nSPS) is 16.6. The van der Waals surface area contributed by atoms with Gasteiger partial charge in [-0.25, -0.2) is 0 Å². The number of hydrogen-bond donors (Lipinski definition) is 1. The lowest BCUT2D eigenvalue weighted by Crippen LogP contribution is -2.01. The van der Waals surface area contributed by atoms with Crippen LogP contribution in [0, 0.1) is 5.92 Å². The van der Waals surface area contributed by atoms with Gasteiger partial charge in [-0.3, -0.25) is 4.98 Å². The summed E-state index contributed by atoms with van der Waals surface area (Å²) in [4.78, 5) is 4.16. The summed E-state index contributed by atoms with van der Waals surface area (Å²) in [6.07, 6.45) is 9.26. The van der Waals surface area contributed by atoms with Crippen LogP contribution in [0.15, 0.2) is 30.5 Å². The summed E-state index contributed by atoms with van der Waals surface area (Å²) in [5.74, 6) is 0.968. The van der Waals surface area contributed by atoms with Gasteiger partial charge >= 0.3 is 0 Å². The summed E-state index contributed by atoms with van der Waals surface area (Å²) < 4.78 is 0. The van der Waals surface area contributed by atoms with Gasteiger partial charge in [-0.15, -0.1) is 0 Å². The van der Waals surface area contributed by atoms with E-state index in [0.717, 1.165) is 25.0 Å². The molecule has 13 heavy (non-hydrogen) atoms. The van der Waals surface area contributed by atoms with E-state index in [1.165, 1.54) is 0 Å². The van der Waals surface area contributed by atoms with Gasteiger partial charge in [-0.2, -0.15) is 0 Å². The van der Waals surface area contributed by atoms with Crippen molar-refractivity contribution in [1.82, 2.24) is 4.98 Å². The number of nitrogens with zero attached hydrogens (tertiary/aromatic N) is 1. The van der Waals surface area contributed by atoms with Gasteiger partial charge in [0.05, 0.1) is 5.69 Å². The second-order valence-corrected chi connectivity index (χ2v) is 3.48. The molecule has 2 heteroatoms. The highest BCUT2D eigenvalue weighted by Crippen LogP contribution is 2.24. The Labute approximate surface area is 77.9 Å². The number of hydrogen-bond acceptors (Lipinski definition) is 2. The van der Waals surface area contributed by atoms with Crippen LogP contribution < -0.4 is 0 Å². The highest BCUT2D eigenvalue weighted by molar-refractivity contribution is 5.25. The molecule has 0 saturated carbocycles. The van der Waals surface area contributed by atoms with Crippen molar-refractivity contribution in [2.45, 2.75) is 19.3 Å². The highest BCUT2D eigenvalue weighted by Gasteiger charge is 2.13. The molecule has 0 fully saturated rings. The third-order valence-corrected chi connectivity index (χ3v) is 2.45. The highest BCUT2D eigenvalue weighted by atomic mass is 16.3. The maximum Gasteiger partial charge on any atom is 0.137 e. The van der Waals surface area contributed by atoms with E-state index in [1.807, 2.05) is 0 Å². The van der Waals surface area contributed by atoms with Gasteiger partial charge in [0.25, 0.3) is 0 Å². The van der Waals surface area contributed by atoms with Crippen molar-refractivity contribution in [2.75, 3.05) is 0 Å². The second-order valence-electron chi connectivity index (χ2n) is 3.48. The van der Waals surface area contributed by atoms with E-state index in [4.69, 9.17) is 0 Å². The van der Waals surface area contributed by atoms with Crippen molar-refractivity contribution in [1.29, 1.82) is 0 Å². The molecule has 2 rings (SSSR count). The zero-order valence-corrected chi connectivity index (χ0v) is 7.48. The van der Waals surface area contributed by atoms with Crippen molar-refractivity contribution in [3.8, 4) is 5.75 Å². The Hall–Kier alpha value is -1.31. The predicted molar refractivity (Wildman–Crippen MR) is 51.5 cm³/mol. The Kier molecular flexibility index (Phi) is 2.30. The number of rotatable bonds is 2. The standard InChI is InChI=1S/C11H13NO/c13-11-6-3-7-12-10(11)8-9-4-1-2-5-9/h1-3,6-7,9,13H,4-5,8H2. The zero-order valence-electron chi connectivity index (χ0n) is 7.48. The van der Waals surface area contributed by atoms with Crippen LogP contribution in [0.5, 0.6) is 5.75 Å². The van der Waals surface area contributed by atoms with Crippen LogP contribution >= 0.6 is 0 Å². The van der Waals surface area contributed by atoms with E-state index in [9.17, 15) is 5.11 Å². The van der Waals surface area contributed by atoms with Gasteiger partial charge in [0.1, 0.15) is 5.75 Å². The fourth-order valence-electron chi connectivity index (χ4n) is 1.70. The number of aromatic nitrogens is 1. The van der Waals surface area contributed by atoms with Crippen LogP contribution in [0.25, 0.3) is 0 Å². The van der Waals surface area contributed by atoms with Gasteiger partial charge in [0, 0.05) is 6.20 Å². The topological polar surface area (TPSA) is 33.1 Å². The average molecular weight is 175 g/mol.